The standard InChI is InChI=1S/C27H26O5/c1-4-9-19-15-22(29)23(20-11-8-10-17(2)14-20)25-24(19)26(30)32-27(31-25,16-18(3)28)21-12-6-5-7-13-21/h5-8,10-15,29H,4,9,16H2,1-3H3. The van der Waals surface area contributed by atoms with Crippen LogP contribution in [0.25, 0.3) is 11.1 Å². The van der Waals surface area contributed by atoms with Gasteiger partial charge in [0.1, 0.15) is 17.1 Å². The molecule has 3 aromatic rings. The summed E-state index contributed by atoms with van der Waals surface area (Å²) < 4.78 is 12.3. The molecule has 1 aliphatic rings. The second-order valence-corrected chi connectivity index (χ2v) is 8.24. The van der Waals surface area contributed by atoms with E-state index < -0.39 is 11.8 Å². The second kappa shape index (κ2) is 8.50. The summed E-state index contributed by atoms with van der Waals surface area (Å²) in [6.07, 6.45) is 1.21. The van der Waals surface area contributed by atoms with Crippen molar-refractivity contribution in [3.05, 3.63) is 82.9 Å². The Balaban J connectivity index is 2.00. The van der Waals surface area contributed by atoms with E-state index in [1.165, 1.54) is 6.92 Å². The lowest BCUT2D eigenvalue weighted by Crippen LogP contribution is -2.44. The molecule has 0 radical (unpaired) electrons. The molecule has 5 nitrogen and oxygen atoms in total. The van der Waals surface area contributed by atoms with Crippen molar-refractivity contribution in [2.24, 2.45) is 0 Å². The average molecular weight is 431 g/mol. The van der Waals surface area contributed by atoms with Crippen LogP contribution in [0.2, 0.25) is 0 Å². The topological polar surface area (TPSA) is 72.8 Å². The average Bonchev–Trinajstić information content (AvgIpc) is 2.73. The lowest BCUT2D eigenvalue weighted by Gasteiger charge is -2.39. The molecule has 164 valence electrons. The molecule has 1 heterocycles. The van der Waals surface area contributed by atoms with Gasteiger partial charge in [-0.1, -0.05) is 73.5 Å². The van der Waals surface area contributed by atoms with Gasteiger partial charge in [0.15, 0.2) is 5.75 Å². The van der Waals surface area contributed by atoms with Crippen LogP contribution < -0.4 is 4.74 Å². The zero-order valence-electron chi connectivity index (χ0n) is 18.5. The van der Waals surface area contributed by atoms with Gasteiger partial charge >= 0.3 is 5.97 Å². The maximum absolute atomic E-state index is 13.4. The molecule has 0 aromatic heterocycles. The van der Waals surface area contributed by atoms with Gasteiger partial charge in [0.25, 0.3) is 5.79 Å². The number of ketones is 1. The van der Waals surface area contributed by atoms with Gasteiger partial charge in [-0.15, -0.1) is 0 Å². The molecule has 1 N–H and O–H groups in total. The van der Waals surface area contributed by atoms with E-state index in [2.05, 4.69) is 0 Å². The third kappa shape index (κ3) is 3.86. The number of ether oxygens (including phenoxy) is 2. The minimum atomic E-state index is -1.60. The van der Waals surface area contributed by atoms with Gasteiger partial charge in [0, 0.05) is 5.56 Å². The molecule has 3 aromatic carbocycles. The summed E-state index contributed by atoms with van der Waals surface area (Å²) in [7, 11) is 0. The minimum absolute atomic E-state index is 0.0253. The van der Waals surface area contributed by atoms with E-state index in [1.807, 2.05) is 44.2 Å². The van der Waals surface area contributed by atoms with E-state index in [0.717, 1.165) is 17.5 Å². The number of hydrogen-bond acceptors (Lipinski definition) is 5. The van der Waals surface area contributed by atoms with E-state index >= 15 is 0 Å². The van der Waals surface area contributed by atoms with Gasteiger partial charge in [-0.05, 0) is 37.5 Å². The number of fused-ring (bicyclic) bond motifs is 1. The summed E-state index contributed by atoms with van der Waals surface area (Å²) in [5.41, 5.74) is 3.67. The number of esters is 1. The summed E-state index contributed by atoms with van der Waals surface area (Å²) in [6.45, 7) is 5.39. The molecule has 4 rings (SSSR count). The highest BCUT2D eigenvalue weighted by Crippen LogP contribution is 2.49. The smallest absolute Gasteiger partial charge is 0.345 e. The number of aromatic hydroxyl groups is 1. The van der Waals surface area contributed by atoms with Crippen molar-refractivity contribution in [2.75, 3.05) is 0 Å². The highest BCUT2D eigenvalue weighted by molar-refractivity contribution is 6.00. The maximum atomic E-state index is 13.4. The van der Waals surface area contributed by atoms with Crippen LogP contribution in [0.5, 0.6) is 11.5 Å². The van der Waals surface area contributed by atoms with E-state index in [9.17, 15) is 14.7 Å². The number of benzene rings is 3. The van der Waals surface area contributed by atoms with Crippen LogP contribution in [0.3, 0.4) is 0 Å². The normalized spacial score (nSPS) is 17.3. The van der Waals surface area contributed by atoms with Crippen molar-refractivity contribution in [3.8, 4) is 22.6 Å². The third-order valence-electron chi connectivity index (χ3n) is 5.59. The first-order valence-corrected chi connectivity index (χ1v) is 10.8. The van der Waals surface area contributed by atoms with Crippen LogP contribution >= 0.6 is 0 Å². The largest absolute Gasteiger partial charge is 0.507 e. The minimum Gasteiger partial charge on any atom is -0.507 e. The van der Waals surface area contributed by atoms with Gasteiger partial charge in [-0.25, -0.2) is 4.79 Å². The molecule has 0 saturated heterocycles. The molecule has 1 aliphatic heterocycles. The number of hydrogen-bond donors (Lipinski definition) is 1. The van der Waals surface area contributed by atoms with Crippen molar-refractivity contribution in [3.63, 3.8) is 0 Å². The van der Waals surface area contributed by atoms with Crippen molar-refractivity contribution in [1.82, 2.24) is 0 Å². The molecule has 32 heavy (non-hydrogen) atoms. The molecule has 0 bridgehead atoms. The van der Waals surface area contributed by atoms with Gasteiger partial charge in [0.2, 0.25) is 0 Å². The number of carbonyl (C=O) groups is 2. The Kier molecular flexibility index (Phi) is 5.74. The molecule has 0 saturated carbocycles. The Labute approximate surface area is 187 Å². The second-order valence-electron chi connectivity index (χ2n) is 8.24. The predicted octanol–water partition coefficient (Wildman–Crippen LogP) is 5.70. The van der Waals surface area contributed by atoms with Crippen LogP contribution in [0.1, 0.15) is 53.7 Å². The van der Waals surface area contributed by atoms with Gasteiger partial charge in [-0.2, -0.15) is 0 Å². The lowest BCUT2D eigenvalue weighted by molar-refractivity contribution is -0.171. The van der Waals surface area contributed by atoms with Gasteiger partial charge in [0.05, 0.1) is 12.0 Å². The van der Waals surface area contributed by atoms with E-state index in [1.54, 1.807) is 30.3 Å². The van der Waals surface area contributed by atoms with Gasteiger partial charge < -0.3 is 14.6 Å². The predicted molar refractivity (Wildman–Crippen MR) is 122 cm³/mol. The number of carbonyl (C=O) groups excluding carboxylic acids is 2. The summed E-state index contributed by atoms with van der Waals surface area (Å²) in [4.78, 5) is 25.6. The molecule has 1 unspecified atom stereocenters. The van der Waals surface area contributed by atoms with E-state index in [0.29, 0.717) is 28.7 Å². The van der Waals surface area contributed by atoms with Crippen LogP contribution in [0, 0.1) is 6.92 Å². The monoisotopic (exact) mass is 430 g/mol. The van der Waals surface area contributed by atoms with Crippen LogP contribution in [-0.4, -0.2) is 16.9 Å². The molecule has 5 heteroatoms. The highest BCUT2D eigenvalue weighted by atomic mass is 16.7. The molecule has 0 fully saturated rings. The molecular formula is C27H26O5. The maximum Gasteiger partial charge on any atom is 0.345 e. The summed E-state index contributed by atoms with van der Waals surface area (Å²) >= 11 is 0. The molecule has 0 aliphatic carbocycles. The third-order valence-corrected chi connectivity index (χ3v) is 5.59. The summed E-state index contributed by atoms with van der Waals surface area (Å²) in [6, 6.07) is 18.2. The fraction of sp³-hybridized carbons (Fsp3) is 0.259. The van der Waals surface area contributed by atoms with Crippen molar-refractivity contribution in [1.29, 1.82) is 0 Å². The Bertz CT molecular complexity index is 1180. The van der Waals surface area contributed by atoms with Crippen molar-refractivity contribution < 1.29 is 24.2 Å². The van der Waals surface area contributed by atoms with Crippen LogP contribution in [0.4, 0.5) is 0 Å². The SMILES string of the molecule is CCCc1cc(O)c(-c2cccc(C)c2)c2c1C(=O)OC(CC(C)=O)(c1ccccc1)O2. The summed E-state index contributed by atoms with van der Waals surface area (Å²) in [5, 5.41) is 11.0. The quantitative estimate of drug-likeness (QED) is 0.508. The number of cyclic esters (lactones) is 1. The first-order chi connectivity index (χ1) is 15.3. The Morgan fingerprint density at radius 1 is 1.00 bits per heavy atom. The zero-order valence-corrected chi connectivity index (χ0v) is 18.5. The first-order valence-electron chi connectivity index (χ1n) is 10.8. The number of phenolic OH excluding ortho intramolecular Hbond substituents is 1. The molecular weight excluding hydrogens is 404 g/mol. The lowest BCUT2D eigenvalue weighted by atomic mass is 9.91. The van der Waals surface area contributed by atoms with Crippen molar-refractivity contribution >= 4 is 11.8 Å². The number of Topliss-reactive ketones (excluding diaryl/α,β-unsaturated/α-hetero) is 1. The van der Waals surface area contributed by atoms with Crippen LogP contribution in [-0.2, 0) is 21.7 Å². The van der Waals surface area contributed by atoms with Crippen molar-refractivity contribution in [2.45, 2.75) is 45.8 Å². The fourth-order valence-corrected chi connectivity index (χ4v) is 4.27. The Morgan fingerprint density at radius 2 is 1.75 bits per heavy atom. The van der Waals surface area contributed by atoms with Gasteiger partial charge in [-0.3, -0.25) is 4.79 Å². The van der Waals surface area contributed by atoms with E-state index in [-0.39, 0.29) is 23.7 Å². The Hall–Kier alpha value is -3.60. The fourth-order valence-electron chi connectivity index (χ4n) is 4.27. The molecule has 1 atom stereocenters. The molecule has 0 amide bonds. The zero-order chi connectivity index (χ0) is 22.9. The number of rotatable bonds is 6. The Morgan fingerprint density at radius 3 is 2.41 bits per heavy atom. The van der Waals surface area contributed by atoms with Crippen LogP contribution in [0.15, 0.2) is 60.7 Å². The number of aryl methyl sites for hydroxylation is 2. The summed E-state index contributed by atoms with van der Waals surface area (Å²) in [5.74, 6) is -2.07. The highest BCUT2D eigenvalue weighted by Gasteiger charge is 2.47. The first kappa shape index (κ1) is 21.6. The number of phenols is 1. The van der Waals surface area contributed by atoms with E-state index in [4.69, 9.17) is 9.47 Å². The molecule has 0 spiro atoms.